The normalized spacial score (nSPS) is 11.5. The third kappa shape index (κ3) is 2.01. The van der Waals surface area contributed by atoms with Gasteiger partial charge in [0, 0.05) is 6.20 Å². The Morgan fingerprint density at radius 1 is 1.22 bits per heavy atom. The quantitative estimate of drug-likeness (QED) is 0.765. The van der Waals surface area contributed by atoms with Crippen LogP contribution in [0.2, 0.25) is 0 Å². The monoisotopic (exact) mass is 240 g/mol. The molecule has 2 heterocycles. The Bertz CT molecular complexity index is 630. The van der Waals surface area contributed by atoms with Crippen LogP contribution in [0.25, 0.3) is 17.0 Å². The number of nitrogens with one attached hydrogen (secondary N) is 1. The van der Waals surface area contributed by atoms with Crippen molar-refractivity contribution >= 4 is 11.0 Å². The Hall–Kier alpha value is -2.10. The number of hydrogen-bond donors (Lipinski definition) is 1. The molecule has 92 valence electrons. The summed E-state index contributed by atoms with van der Waals surface area (Å²) in [5, 5.41) is 4.54. The number of H-pyrrole nitrogens is 1. The summed E-state index contributed by atoms with van der Waals surface area (Å²) in [6.45, 7) is 4.39. The van der Waals surface area contributed by atoms with E-state index < -0.39 is 0 Å². The number of fused-ring (bicyclic) bond motifs is 1. The summed E-state index contributed by atoms with van der Waals surface area (Å²) in [7, 11) is 0. The molecule has 0 saturated carbocycles. The Kier molecular flexibility index (Phi) is 2.63. The summed E-state index contributed by atoms with van der Waals surface area (Å²) in [4.78, 5) is 7.79. The van der Waals surface area contributed by atoms with Crippen molar-refractivity contribution in [2.24, 2.45) is 5.92 Å². The molecule has 0 spiro atoms. The van der Waals surface area contributed by atoms with Gasteiger partial charge in [0.15, 0.2) is 0 Å². The lowest BCUT2D eigenvalue weighted by Crippen LogP contribution is -2.00. The van der Waals surface area contributed by atoms with Crippen LogP contribution in [0.3, 0.4) is 0 Å². The van der Waals surface area contributed by atoms with Gasteiger partial charge >= 0.3 is 0 Å². The maximum Gasteiger partial charge on any atom is 0.229 e. The second-order valence-corrected chi connectivity index (χ2v) is 4.93. The molecule has 4 heteroatoms. The predicted molar refractivity (Wildman–Crippen MR) is 71.8 cm³/mol. The van der Waals surface area contributed by atoms with Gasteiger partial charge < -0.3 is 4.98 Å². The minimum atomic E-state index is 0.615. The number of hydrogen-bond acceptors (Lipinski definition) is 2. The number of para-hydroxylation sites is 2. The zero-order valence-corrected chi connectivity index (χ0v) is 10.6. The highest BCUT2D eigenvalue weighted by atomic mass is 15.3. The van der Waals surface area contributed by atoms with Crippen LogP contribution in [0.1, 0.15) is 19.5 Å². The van der Waals surface area contributed by atoms with Gasteiger partial charge in [0.05, 0.1) is 16.7 Å². The standard InChI is InChI=1S/C14H16N4/c1-10(2)9-11-7-8-18(17-11)14-15-12-5-3-4-6-13(12)16-14/h3-8,10H,9H2,1-2H3,(H,15,16). The fourth-order valence-corrected chi connectivity index (χ4v) is 2.05. The molecule has 3 rings (SSSR count). The highest BCUT2D eigenvalue weighted by molar-refractivity contribution is 5.75. The molecule has 3 aromatic rings. The molecule has 18 heavy (non-hydrogen) atoms. The molecule has 0 aliphatic rings. The van der Waals surface area contributed by atoms with E-state index in [1.165, 1.54) is 0 Å². The van der Waals surface area contributed by atoms with E-state index in [0.717, 1.165) is 29.1 Å². The van der Waals surface area contributed by atoms with E-state index in [1.54, 1.807) is 4.68 Å². The molecule has 0 aliphatic carbocycles. The van der Waals surface area contributed by atoms with Crippen LogP contribution in [0.15, 0.2) is 36.5 Å². The van der Waals surface area contributed by atoms with Crippen LogP contribution in [0, 0.1) is 5.92 Å². The molecule has 0 aliphatic heterocycles. The maximum atomic E-state index is 4.54. The van der Waals surface area contributed by atoms with Gasteiger partial charge in [-0.25, -0.2) is 9.67 Å². The first-order valence-corrected chi connectivity index (χ1v) is 6.22. The van der Waals surface area contributed by atoms with Crippen LogP contribution < -0.4 is 0 Å². The third-order valence-electron chi connectivity index (χ3n) is 2.86. The van der Waals surface area contributed by atoms with E-state index in [0.29, 0.717) is 5.92 Å². The van der Waals surface area contributed by atoms with Crippen molar-refractivity contribution in [1.82, 2.24) is 19.7 Å². The van der Waals surface area contributed by atoms with Crippen molar-refractivity contribution in [2.75, 3.05) is 0 Å². The molecule has 0 unspecified atom stereocenters. The predicted octanol–water partition coefficient (Wildman–Crippen LogP) is 2.95. The molecule has 0 radical (unpaired) electrons. The van der Waals surface area contributed by atoms with E-state index in [4.69, 9.17) is 0 Å². The number of rotatable bonds is 3. The third-order valence-corrected chi connectivity index (χ3v) is 2.86. The van der Waals surface area contributed by atoms with E-state index in [1.807, 2.05) is 36.5 Å². The van der Waals surface area contributed by atoms with E-state index in [-0.39, 0.29) is 0 Å². The van der Waals surface area contributed by atoms with Gasteiger partial charge in [-0.3, -0.25) is 0 Å². The van der Waals surface area contributed by atoms with Crippen LogP contribution in [-0.2, 0) is 6.42 Å². The molecular weight excluding hydrogens is 224 g/mol. The van der Waals surface area contributed by atoms with E-state index >= 15 is 0 Å². The highest BCUT2D eigenvalue weighted by Gasteiger charge is 2.07. The first-order valence-electron chi connectivity index (χ1n) is 6.22. The summed E-state index contributed by atoms with van der Waals surface area (Å²) in [6, 6.07) is 10.0. The summed E-state index contributed by atoms with van der Waals surface area (Å²) in [6.07, 6.45) is 2.95. The van der Waals surface area contributed by atoms with Crippen molar-refractivity contribution in [2.45, 2.75) is 20.3 Å². The molecule has 0 atom stereocenters. The van der Waals surface area contributed by atoms with Crippen molar-refractivity contribution in [3.63, 3.8) is 0 Å². The van der Waals surface area contributed by atoms with Gasteiger partial charge in [0.25, 0.3) is 0 Å². The molecule has 0 bridgehead atoms. The highest BCUT2D eigenvalue weighted by Crippen LogP contribution is 2.13. The van der Waals surface area contributed by atoms with Gasteiger partial charge in [0.1, 0.15) is 0 Å². The number of nitrogens with zero attached hydrogens (tertiary/aromatic N) is 3. The Morgan fingerprint density at radius 2 is 2.06 bits per heavy atom. The number of aromatic nitrogens is 4. The lowest BCUT2D eigenvalue weighted by Gasteiger charge is -1.99. The minimum absolute atomic E-state index is 0.615. The summed E-state index contributed by atoms with van der Waals surface area (Å²) in [5.41, 5.74) is 3.10. The molecule has 1 N–H and O–H groups in total. The molecular formula is C14H16N4. The topological polar surface area (TPSA) is 46.5 Å². The maximum absolute atomic E-state index is 4.54. The Labute approximate surface area is 106 Å². The Balaban J connectivity index is 1.96. The van der Waals surface area contributed by atoms with Gasteiger partial charge in [-0.05, 0) is 30.5 Å². The lowest BCUT2D eigenvalue weighted by atomic mass is 10.1. The number of benzene rings is 1. The lowest BCUT2D eigenvalue weighted by molar-refractivity contribution is 0.626. The largest absolute Gasteiger partial charge is 0.322 e. The van der Waals surface area contributed by atoms with Crippen molar-refractivity contribution in [3.05, 3.63) is 42.2 Å². The number of aromatic amines is 1. The first-order chi connectivity index (χ1) is 8.72. The van der Waals surface area contributed by atoms with Crippen LogP contribution in [0.5, 0.6) is 0 Å². The average Bonchev–Trinajstić information content (AvgIpc) is 2.93. The molecule has 0 amide bonds. The first kappa shape index (κ1) is 11.0. The minimum Gasteiger partial charge on any atom is -0.322 e. The zero-order valence-electron chi connectivity index (χ0n) is 10.6. The number of imidazole rings is 1. The van der Waals surface area contributed by atoms with Gasteiger partial charge in [-0.1, -0.05) is 26.0 Å². The second-order valence-electron chi connectivity index (χ2n) is 4.93. The van der Waals surface area contributed by atoms with Crippen molar-refractivity contribution < 1.29 is 0 Å². The van der Waals surface area contributed by atoms with E-state index in [2.05, 4.69) is 28.9 Å². The second kappa shape index (κ2) is 4.29. The molecule has 1 aromatic carbocycles. The van der Waals surface area contributed by atoms with Crippen LogP contribution in [0.4, 0.5) is 0 Å². The molecule has 2 aromatic heterocycles. The molecule has 4 nitrogen and oxygen atoms in total. The summed E-state index contributed by atoms with van der Waals surface area (Å²) < 4.78 is 1.80. The zero-order chi connectivity index (χ0) is 12.5. The molecule has 0 fully saturated rings. The van der Waals surface area contributed by atoms with Crippen molar-refractivity contribution in [3.8, 4) is 5.95 Å². The fourth-order valence-electron chi connectivity index (χ4n) is 2.05. The van der Waals surface area contributed by atoms with Gasteiger partial charge in [-0.2, -0.15) is 5.10 Å². The Morgan fingerprint density at radius 3 is 2.83 bits per heavy atom. The fraction of sp³-hybridized carbons (Fsp3) is 0.286. The molecule has 0 saturated heterocycles. The van der Waals surface area contributed by atoms with Gasteiger partial charge in [0.2, 0.25) is 5.95 Å². The van der Waals surface area contributed by atoms with Crippen LogP contribution >= 0.6 is 0 Å². The van der Waals surface area contributed by atoms with Gasteiger partial charge in [-0.15, -0.1) is 0 Å². The van der Waals surface area contributed by atoms with Crippen LogP contribution in [-0.4, -0.2) is 19.7 Å². The SMILES string of the molecule is CC(C)Cc1ccn(-c2nc3ccccc3[nH]2)n1. The van der Waals surface area contributed by atoms with Crippen molar-refractivity contribution in [1.29, 1.82) is 0 Å². The smallest absolute Gasteiger partial charge is 0.229 e. The van der Waals surface area contributed by atoms with E-state index in [9.17, 15) is 0 Å². The summed E-state index contributed by atoms with van der Waals surface area (Å²) in [5.74, 6) is 1.38. The average molecular weight is 240 g/mol. The summed E-state index contributed by atoms with van der Waals surface area (Å²) >= 11 is 0.